The molecule has 3 N–H and O–H groups in total. The van der Waals surface area contributed by atoms with Crippen LogP contribution < -0.4 is 16.0 Å². The molecule has 0 spiro atoms. The smallest absolute Gasteiger partial charge is 0.137 e. The van der Waals surface area contributed by atoms with Crippen molar-refractivity contribution in [3.05, 3.63) is 24.0 Å². The zero-order valence-electron chi connectivity index (χ0n) is 12.9. The Labute approximate surface area is 122 Å². The molecule has 1 heterocycles. The van der Waals surface area contributed by atoms with Crippen LogP contribution in [0.1, 0.15) is 58.1 Å². The van der Waals surface area contributed by atoms with E-state index in [1.165, 1.54) is 25.7 Å². The first-order chi connectivity index (χ1) is 9.58. The number of nitrogens with zero attached hydrogens (tertiary/aromatic N) is 1. The van der Waals surface area contributed by atoms with Gasteiger partial charge in [-0.1, -0.05) is 26.7 Å². The number of hydrogen-bond donors (Lipinski definition) is 2. The molecule has 0 radical (unpaired) electrons. The first kappa shape index (κ1) is 15.3. The van der Waals surface area contributed by atoms with Crippen molar-refractivity contribution in [1.29, 1.82) is 0 Å². The molecule has 2 unspecified atom stereocenters. The van der Waals surface area contributed by atoms with Gasteiger partial charge in [0.25, 0.3) is 0 Å². The van der Waals surface area contributed by atoms with Crippen molar-refractivity contribution < 1.29 is 4.74 Å². The van der Waals surface area contributed by atoms with E-state index in [-0.39, 0.29) is 6.04 Å². The lowest BCUT2D eigenvalue weighted by atomic mass is 9.65. The predicted molar refractivity (Wildman–Crippen MR) is 81.2 cm³/mol. The zero-order chi connectivity index (χ0) is 14.6. The van der Waals surface area contributed by atoms with E-state index < -0.39 is 0 Å². The molecule has 4 heteroatoms. The first-order valence-electron chi connectivity index (χ1n) is 7.62. The second-order valence-electron chi connectivity index (χ2n) is 6.37. The summed E-state index contributed by atoms with van der Waals surface area (Å²) in [7, 11) is 0. The molecule has 2 atom stereocenters. The number of hydrogen-bond acceptors (Lipinski definition) is 4. The van der Waals surface area contributed by atoms with E-state index in [2.05, 4.69) is 30.3 Å². The number of hydrazine groups is 1. The van der Waals surface area contributed by atoms with Crippen LogP contribution in [0.2, 0.25) is 0 Å². The third-order valence-corrected chi connectivity index (χ3v) is 4.58. The molecule has 1 saturated carbocycles. The zero-order valence-corrected chi connectivity index (χ0v) is 12.9. The maximum absolute atomic E-state index is 5.86. The summed E-state index contributed by atoms with van der Waals surface area (Å²) in [5.74, 6) is 7.21. The Morgan fingerprint density at radius 3 is 2.90 bits per heavy atom. The van der Waals surface area contributed by atoms with E-state index in [1.54, 1.807) is 6.20 Å². The Balaban J connectivity index is 2.24. The van der Waals surface area contributed by atoms with Crippen LogP contribution in [0.3, 0.4) is 0 Å². The van der Waals surface area contributed by atoms with Crippen LogP contribution in [0.4, 0.5) is 0 Å². The SMILES string of the molecule is CCOc1cncc(C(NN)C2CCCCC2(C)C)c1. The van der Waals surface area contributed by atoms with Crippen LogP contribution in [-0.4, -0.2) is 11.6 Å². The number of ether oxygens (including phenoxy) is 1. The average Bonchev–Trinajstić information content (AvgIpc) is 2.42. The molecule has 0 aromatic carbocycles. The summed E-state index contributed by atoms with van der Waals surface area (Å²) in [6.07, 6.45) is 8.72. The Morgan fingerprint density at radius 1 is 1.45 bits per heavy atom. The largest absolute Gasteiger partial charge is 0.492 e. The first-order valence-corrected chi connectivity index (χ1v) is 7.62. The topological polar surface area (TPSA) is 60.2 Å². The minimum Gasteiger partial charge on any atom is -0.492 e. The van der Waals surface area contributed by atoms with Gasteiger partial charge in [0.1, 0.15) is 5.75 Å². The lowest BCUT2D eigenvalue weighted by molar-refractivity contribution is 0.0980. The van der Waals surface area contributed by atoms with Crippen molar-refractivity contribution >= 4 is 0 Å². The number of pyridine rings is 1. The molecule has 0 bridgehead atoms. The van der Waals surface area contributed by atoms with Gasteiger partial charge in [0, 0.05) is 6.20 Å². The van der Waals surface area contributed by atoms with E-state index in [4.69, 9.17) is 10.6 Å². The molecule has 0 amide bonds. The molecule has 0 saturated heterocycles. The lowest BCUT2D eigenvalue weighted by Crippen LogP contribution is -2.41. The van der Waals surface area contributed by atoms with Crippen molar-refractivity contribution in [3.8, 4) is 5.75 Å². The summed E-state index contributed by atoms with van der Waals surface area (Å²) in [4.78, 5) is 4.29. The summed E-state index contributed by atoms with van der Waals surface area (Å²) in [6, 6.07) is 2.20. The van der Waals surface area contributed by atoms with Crippen LogP contribution in [-0.2, 0) is 0 Å². The predicted octanol–water partition coefficient (Wildman–Crippen LogP) is 3.20. The summed E-state index contributed by atoms with van der Waals surface area (Å²) in [6.45, 7) is 7.33. The summed E-state index contributed by atoms with van der Waals surface area (Å²) < 4.78 is 5.55. The Hall–Kier alpha value is -1.13. The standard InChI is InChI=1S/C16H27N3O/c1-4-20-13-9-12(10-18-11-13)15(19-17)14-7-5-6-8-16(14,2)3/h9-11,14-15,19H,4-8,17H2,1-3H3. The quantitative estimate of drug-likeness (QED) is 0.641. The van der Waals surface area contributed by atoms with Crippen LogP contribution in [0.25, 0.3) is 0 Å². The minimum atomic E-state index is 0.137. The number of nitrogens with one attached hydrogen (secondary N) is 1. The maximum atomic E-state index is 5.86. The summed E-state index contributed by atoms with van der Waals surface area (Å²) >= 11 is 0. The third kappa shape index (κ3) is 3.30. The van der Waals surface area contributed by atoms with Crippen LogP contribution in [0.15, 0.2) is 18.5 Å². The van der Waals surface area contributed by atoms with Gasteiger partial charge in [-0.15, -0.1) is 0 Å². The molecule has 1 fully saturated rings. The van der Waals surface area contributed by atoms with Crippen LogP contribution >= 0.6 is 0 Å². The highest BCUT2D eigenvalue weighted by Gasteiger charge is 2.38. The monoisotopic (exact) mass is 277 g/mol. The van der Waals surface area contributed by atoms with E-state index in [1.807, 2.05) is 13.1 Å². The summed E-state index contributed by atoms with van der Waals surface area (Å²) in [5.41, 5.74) is 4.44. The molecular formula is C16H27N3O. The van der Waals surface area contributed by atoms with Gasteiger partial charge in [-0.25, -0.2) is 0 Å². The van der Waals surface area contributed by atoms with E-state index in [9.17, 15) is 0 Å². The summed E-state index contributed by atoms with van der Waals surface area (Å²) in [5, 5.41) is 0. The number of aromatic nitrogens is 1. The van der Waals surface area contributed by atoms with Gasteiger partial charge in [-0.05, 0) is 42.7 Å². The molecule has 0 aliphatic heterocycles. The van der Waals surface area contributed by atoms with Crippen molar-refractivity contribution in [2.45, 2.75) is 52.5 Å². The molecule has 112 valence electrons. The van der Waals surface area contributed by atoms with E-state index in [0.717, 1.165) is 11.3 Å². The lowest BCUT2D eigenvalue weighted by Gasteiger charge is -2.43. The number of nitrogens with two attached hydrogens (primary N) is 1. The van der Waals surface area contributed by atoms with Crippen molar-refractivity contribution in [1.82, 2.24) is 10.4 Å². The van der Waals surface area contributed by atoms with E-state index in [0.29, 0.717) is 17.9 Å². The maximum Gasteiger partial charge on any atom is 0.137 e. The fraction of sp³-hybridized carbons (Fsp3) is 0.688. The van der Waals surface area contributed by atoms with Gasteiger partial charge in [0.15, 0.2) is 0 Å². The molecule has 1 aromatic heterocycles. The third-order valence-electron chi connectivity index (χ3n) is 4.58. The molecule has 1 aromatic rings. The van der Waals surface area contributed by atoms with E-state index >= 15 is 0 Å². The fourth-order valence-corrected chi connectivity index (χ4v) is 3.43. The fourth-order valence-electron chi connectivity index (χ4n) is 3.43. The van der Waals surface area contributed by atoms with Crippen LogP contribution in [0, 0.1) is 11.3 Å². The van der Waals surface area contributed by atoms with Gasteiger partial charge in [-0.3, -0.25) is 16.3 Å². The Morgan fingerprint density at radius 2 is 2.25 bits per heavy atom. The Kier molecular flexibility index (Phi) is 5.00. The van der Waals surface area contributed by atoms with Gasteiger partial charge >= 0.3 is 0 Å². The molecule has 20 heavy (non-hydrogen) atoms. The molecule has 4 nitrogen and oxygen atoms in total. The van der Waals surface area contributed by atoms with Crippen molar-refractivity contribution in [3.63, 3.8) is 0 Å². The van der Waals surface area contributed by atoms with Gasteiger partial charge in [0.05, 0.1) is 18.8 Å². The molecular weight excluding hydrogens is 250 g/mol. The molecule has 1 aliphatic rings. The minimum absolute atomic E-state index is 0.137. The van der Waals surface area contributed by atoms with Crippen LogP contribution in [0.5, 0.6) is 5.75 Å². The molecule has 2 rings (SSSR count). The average molecular weight is 277 g/mol. The highest BCUT2D eigenvalue weighted by molar-refractivity contribution is 5.27. The van der Waals surface area contributed by atoms with Crippen molar-refractivity contribution in [2.75, 3.05) is 6.61 Å². The van der Waals surface area contributed by atoms with Gasteiger partial charge in [-0.2, -0.15) is 0 Å². The van der Waals surface area contributed by atoms with Crippen molar-refractivity contribution in [2.24, 2.45) is 17.2 Å². The molecule has 1 aliphatic carbocycles. The second kappa shape index (κ2) is 6.55. The highest BCUT2D eigenvalue weighted by Crippen LogP contribution is 2.46. The van der Waals surface area contributed by atoms with Gasteiger partial charge < -0.3 is 4.74 Å². The second-order valence-corrected chi connectivity index (χ2v) is 6.37. The van der Waals surface area contributed by atoms with Gasteiger partial charge in [0.2, 0.25) is 0 Å². The Bertz CT molecular complexity index is 433. The highest BCUT2D eigenvalue weighted by atomic mass is 16.5. The normalized spacial score (nSPS) is 23.3. The number of rotatable bonds is 5.